The van der Waals surface area contributed by atoms with Crippen LogP contribution < -0.4 is 10.9 Å². The van der Waals surface area contributed by atoms with Gasteiger partial charge in [-0.2, -0.15) is 5.10 Å². The lowest BCUT2D eigenvalue weighted by molar-refractivity contribution is 0.0963. The topological polar surface area (TPSA) is 123 Å². The molecule has 0 radical (unpaired) electrons. The molecule has 0 fully saturated rings. The van der Waals surface area contributed by atoms with Crippen LogP contribution in [0.15, 0.2) is 46.0 Å². The summed E-state index contributed by atoms with van der Waals surface area (Å²) >= 11 is 0. The summed E-state index contributed by atoms with van der Waals surface area (Å²) in [5.41, 5.74) is 2.17. The standard InChI is InChI=1S/C21H17N5O4/c1-11-17-15(27)7-4-8-16(17)30-18(11)21(29)25-13-5-2-3-6-14(13)26-19-12(9-24-26)20(28)23-10-22-19/h2-3,5-6,9-10H,4,7-8H2,1H3,(H,25,29)(H,22,23,28). The van der Waals surface area contributed by atoms with Gasteiger partial charge in [0.05, 0.1) is 29.5 Å². The Hall–Kier alpha value is -4.01. The number of fused-ring (bicyclic) bond motifs is 2. The molecule has 2 N–H and O–H groups in total. The highest BCUT2D eigenvalue weighted by Gasteiger charge is 2.29. The SMILES string of the molecule is Cc1c(C(=O)Nc2ccccc2-n2ncc3c(=O)[nH]cnc32)oc2c1C(=O)CCC2. The van der Waals surface area contributed by atoms with Crippen molar-refractivity contribution in [3.63, 3.8) is 0 Å². The summed E-state index contributed by atoms with van der Waals surface area (Å²) in [5, 5.41) is 7.44. The van der Waals surface area contributed by atoms with E-state index in [0.29, 0.717) is 52.1 Å². The maximum absolute atomic E-state index is 13.0. The molecule has 0 unspecified atom stereocenters. The highest BCUT2D eigenvalue weighted by molar-refractivity contribution is 6.08. The molecule has 30 heavy (non-hydrogen) atoms. The number of aromatic amines is 1. The average Bonchev–Trinajstić information content (AvgIpc) is 3.32. The van der Waals surface area contributed by atoms with E-state index in [4.69, 9.17) is 4.42 Å². The molecule has 150 valence electrons. The van der Waals surface area contributed by atoms with Gasteiger partial charge in [0.2, 0.25) is 0 Å². The number of amides is 1. The molecule has 0 bridgehead atoms. The summed E-state index contributed by atoms with van der Waals surface area (Å²) in [6, 6.07) is 7.04. The molecule has 9 nitrogen and oxygen atoms in total. The van der Waals surface area contributed by atoms with Crippen LogP contribution in [0.1, 0.15) is 45.1 Å². The lowest BCUT2D eigenvalue weighted by Gasteiger charge is -2.11. The third-order valence-corrected chi connectivity index (χ3v) is 5.26. The zero-order chi connectivity index (χ0) is 20.8. The second-order valence-corrected chi connectivity index (χ2v) is 7.13. The first-order valence-corrected chi connectivity index (χ1v) is 9.52. The van der Waals surface area contributed by atoms with Gasteiger partial charge in [0, 0.05) is 18.4 Å². The van der Waals surface area contributed by atoms with Gasteiger partial charge in [0.1, 0.15) is 11.1 Å². The number of carbonyl (C=O) groups excluding carboxylic acids is 2. The number of rotatable bonds is 3. The highest BCUT2D eigenvalue weighted by Crippen LogP contribution is 2.30. The number of anilines is 1. The number of para-hydroxylation sites is 2. The number of hydrogen-bond acceptors (Lipinski definition) is 6. The van der Waals surface area contributed by atoms with Gasteiger partial charge in [-0.05, 0) is 25.5 Å². The predicted molar refractivity (Wildman–Crippen MR) is 108 cm³/mol. The number of nitrogens with zero attached hydrogens (tertiary/aromatic N) is 3. The summed E-state index contributed by atoms with van der Waals surface area (Å²) in [6.45, 7) is 1.73. The van der Waals surface area contributed by atoms with Gasteiger partial charge >= 0.3 is 0 Å². The molecule has 0 spiro atoms. The number of benzene rings is 1. The van der Waals surface area contributed by atoms with E-state index >= 15 is 0 Å². The maximum Gasteiger partial charge on any atom is 0.291 e. The summed E-state index contributed by atoms with van der Waals surface area (Å²) < 4.78 is 7.23. The Labute approximate surface area is 169 Å². The van der Waals surface area contributed by atoms with Crippen LogP contribution >= 0.6 is 0 Å². The summed E-state index contributed by atoms with van der Waals surface area (Å²) in [5.74, 6) is 0.259. The quantitative estimate of drug-likeness (QED) is 0.542. The number of aromatic nitrogens is 4. The lowest BCUT2D eigenvalue weighted by Crippen LogP contribution is -2.15. The van der Waals surface area contributed by atoms with Crippen LogP contribution in [0.3, 0.4) is 0 Å². The fourth-order valence-electron chi connectivity index (χ4n) is 3.84. The number of aryl methyl sites for hydroxylation is 1. The van der Waals surface area contributed by atoms with Crippen LogP contribution in [0.2, 0.25) is 0 Å². The van der Waals surface area contributed by atoms with Crippen LogP contribution in [0.25, 0.3) is 16.7 Å². The number of nitrogens with one attached hydrogen (secondary N) is 2. The molecular weight excluding hydrogens is 386 g/mol. The summed E-state index contributed by atoms with van der Waals surface area (Å²) in [4.78, 5) is 43.9. The Morgan fingerprint density at radius 2 is 2.07 bits per heavy atom. The van der Waals surface area contributed by atoms with Crippen molar-refractivity contribution in [1.29, 1.82) is 0 Å². The van der Waals surface area contributed by atoms with Gasteiger partial charge in [0.15, 0.2) is 17.2 Å². The molecule has 0 saturated heterocycles. The molecule has 9 heteroatoms. The molecule has 3 heterocycles. The smallest absolute Gasteiger partial charge is 0.291 e. The Kier molecular flexibility index (Phi) is 4.09. The number of ketones is 1. The van der Waals surface area contributed by atoms with Crippen molar-refractivity contribution in [1.82, 2.24) is 19.7 Å². The average molecular weight is 403 g/mol. The number of hydrogen-bond donors (Lipinski definition) is 2. The minimum atomic E-state index is -0.454. The molecule has 0 saturated carbocycles. The van der Waals surface area contributed by atoms with Crippen molar-refractivity contribution in [3.8, 4) is 5.69 Å². The van der Waals surface area contributed by atoms with Crippen molar-refractivity contribution in [2.45, 2.75) is 26.2 Å². The van der Waals surface area contributed by atoms with Gasteiger partial charge in [-0.1, -0.05) is 12.1 Å². The fraction of sp³-hybridized carbons (Fsp3) is 0.190. The molecule has 0 aliphatic heterocycles. The zero-order valence-electron chi connectivity index (χ0n) is 16.1. The van der Waals surface area contributed by atoms with E-state index < -0.39 is 5.91 Å². The fourth-order valence-corrected chi connectivity index (χ4v) is 3.84. The Bertz CT molecular complexity index is 1380. The second-order valence-electron chi connectivity index (χ2n) is 7.13. The van der Waals surface area contributed by atoms with Crippen LogP contribution in [0, 0.1) is 6.92 Å². The number of carbonyl (C=O) groups is 2. The third-order valence-electron chi connectivity index (χ3n) is 5.26. The van der Waals surface area contributed by atoms with E-state index in [1.165, 1.54) is 17.2 Å². The first-order chi connectivity index (χ1) is 14.5. The normalized spacial score (nSPS) is 13.4. The van der Waals surface area contributed by atoms with Crippen molar-refractivity contribution >= 4 is 28.4 Å². The van der Waals surface area contributed by atoms with Gasteiger partial charge in [-0.15, -0.1) is 0 Å². The second kappa shape index (κ2) is 6.80. The van der Waals surface area contributed by atoms with Gasteiger partial charge in [-0.3, -0.25) is 14.4 Å². The van der Waals surface area contributed by atoms with Crippen LogP contribution in [-0.2, 0) is 6.42 Å². The van der Waals surface area contributed by atoms with E-state index in [1.54, 1.807) is 31.2 Å². The first kappa shape index (κ1) is 18.0. The summed E-state index contributed by atoms with van der Waals surface area (Å²) in [6.07, 6.45) is 4.57. The molecular formula is C21H17N5O4. The molecule has 1 aliphatic carbocycles. The lowest BCUT2D eigenvalue weighted by atomic mass is 9.94. The molecule has 1 aromatic carbocycles. The third kappa shape index (κ3) is 2.74. The molecule has 5 rings (SSSR count). The monoisotopic (exact) mass is 403 g/mol. The predicted octanol–water partition coefficient (Wildman–Crippen LogP) is 2.78. The molecule has 1 aliphatic rings. The van der Waals surface area contributed by atoms with Crippen molar-refractivity contribution in [2.75, 3.05) is 5.32 Å². The number of furan rings is 1. The van der Waals surface area contributed by atoms with E-state index in [1.807, 2.05) is 0 Å². The van der Waals surface area contributed by atoms with Crippen molar-refractivity contribution < 1.29 is 14.0 Å². The van der Waals surface area contributed by atoms with Crippen molar-refractivity contribution in [2.24, 2.45) is 0 Å². The van der Waals surface area contributed by atoms with Gasteiger partial charge in [0.25, 0.3) is 11.5 Å². The minimum Gasteiger partial charge on any atom is -0.455 e. The van der Waals surface area contributed by atoms with Gasteiger partial charge in [-0.25, -0.2) is 9.67 Å². The Morgan fingerprint density at radius 3 is 2.90 bits per heavy atom. The molecule has 4 aromatic rings. The van der Waals surface area contributed by atoms with Crippen LogP contribution in [0.5, 0.6) is 0 Å². The minimum absolute atomic E-state index is 0.0104. The molecule has 3 aromatic heterocycles. The van der Waals surface area contributed by atoms with Gasteiger partial charge < -0.3 is 14.7 Å². The highest BCUT2D eigenvalue weighted by atomic mass is 16.4. The van der Waals surface area contributed by atoms with Crippen LogP contribution in [0.4, 0.5) is 5.69 Å². The van der Waals surface area contributed by atoms with Crippen molar-refractivity contribution in [3.05, 3.63) is 69.8 Å². The largest absolute Gasteiger partial charge is 0.455 e. The Balaban J connectivity index is 1.54. The van der Waals surface area contributed by atoms with E-state index in [0.717, 1.165) is 6.42 Å². The first-order valence-electron chi connectivity index (χ1n) is 9.52. The molecule has 0 atom stereocenters. The number of Topliss-reactive ketones (excluding diaryl/α,β-unsaturated/α-hetero) is 1. The Morgan fingerprint density at radius 1 is 1.23 bits per heavy atom. The number of H-pyrrole nitrogens is 1. The van der Waals surface area contributed by atoms with E-state index in [-0.39, 0.29) is 17.1 Å². The summed E-state index contributed by atoms with van der Waals surface area (Å²) in [7, 11) is 0. The van der Waals surface area contributed by atoms with Crippen LogP contribution in [-0.4, -0.2) is 31.4 Å². The molecule has 1 amide bonds. The zero-order valence-corrected chi connectivity index (χ0v) is 16.1. The van der Waals surface area contributed by atoms with E-state index in [9.17, 15) is 14.4 Å². The van der Waals surface area contributed by atoms with E-state index in [2.05, 4.69) is 20.4 Å². The maximum atomic E-state index is 13.0.